The van der Waals surface area contributed by atoms with Crippen molar-refractivity contribution >= 4 is 32.4 Å². The van der Waals surface area contributed by atoms with Crippen LogP contribution in [0.5, 0.6) is 0 Å². The van der Waals surface area contributed by atoms with Crippen LogP contribution in [0, 0.1) is 11.6 Å². The number of benzene rings is 1. The fourth-order valence-electron chi connectivity index (χ4n) is 1.05. The Bertz CT molecular complexity index is 482. The Morgan fingerprint density at radius 3 is 2.40 bits per heavy atom. The lowest BCUT2D eigenvalue weighted by atomic mass is 10.3. The molecule has 1 heterocycles. The van der Waals surface area contributed by atoms with Gasteiger partial charge in [0.15, 0.2) is 10.9 Å². The standard InChI is InChI=1S/C7H5F2N3S.C2H6/c8-2-1-3(9)6-5(4(2)10)12-7(11)13-6;1-2/h1H,10H2,(H2,11,12);1-2H3. The Morgan fingerprint density at radius 1 is 1.20 bits per heavy atom. The molecule has 0 fully saturated rings. The monoisotopic (exact) mass is 231 g/mol. The number of anilines is 2. The quantitative estimate of drug-likeness (QED) is 0.685. The van der Waals surface area contributed by atoms with E-state index in [-0.39, 0.29) is 21.0 Å². The molecule has 2 rings (SSSR count). The lowest BCUT2D eigenvalue weighted by Gasteiger charge is -1.97. The molecule has 0 saturated heterocycles. The van der Waals surface area contributed by atoms with Gasteiger partial charge in [0.2, 0.25) is 0 Å². The second-order valence-corrected chi connectivity index (χ2v) is 3.51. The van der Waals surface area contributed by atoms with Crippen molar-refractivity contribution in [2.45, 2.75) is 13.8 Å². The summed E-state index contributed by atoms with van der Waals surface area (Å²) in [5.41, 5.74) is 10.6. The number of hydrogen-bond acceptors (Lipinski definition) is 4. The fraction of sp³-hybridized carbons (Fsp3) is 0.222. The average Bonchev–Trinajstić information content (AvgIpc) is 2.61. The molecule has 0 atom stereocenters. The van der Waals surface area contributed by atoms with E-state index in [1.54, 1.807) is 0 Å². The van der Waals surface area contributed by atoms with E-state index < -0.39 is 11.6 Å². The highest BCUT2D eigenvalue weighted by atomic mass is 32.1. The van der Waals surface area contributed by atoms with Crippen molar-refractivity contribution in [3.05, 3.63) is 17.7 Å². The molecule has 0 aliphatic heterocycles. The number of halogens is 2. The molecule has 82 valence electrons. The SMILES string of the molecule is CC.Nc1nc2c(N)c(F)cc(F)c2s1. The first-order valence-electron chi connectivity index (χ1n) is 4.39. The van der Waals surface area contributed by atoms with Crippen LogP contribution in [0.3, 0.4) is 0 Å². The summed E-state index contributed by atoms with van der Waals surface area (Å²) in [5.74, 6) is -1.49. The van der Waals surface area contributed by atoms with Gasteiger partial charge >= 0.3 is 0 Å². The molecular weight excluding hydrogens is 220 g/mol. The number of hydrogen-bond donors (Lipinski definition) is 2. The minimum absolute atomic E-state index is 0.0972. The van der Waals surface area contributed by atoms with Crippen LogP contribution < -0.4 is 11.5 Å². The van der Waals surface area contributed by atoms with Crippen LogP contribution in [0.1, 0.15) is 13.8 Å². The van der Waals surface area contributed by atoms with Crippen molar-refractivity contribution in [1.29, 1.82) is 0 Å². The van der Waals surface area contributed by atoms with Crippen LogP contribution in [-0.4, -0.2) is 4.98 Å². The summed E-state index contributed by atoms with van der Waals surface area (Å²) in [6.07, 6.45) is 0. The van der Waals surface area contributed by atoms with E-state index in [1.165, 1.54) is 0 Å². The van der Waals surface area contributed by atoms with E-state index in [0.29, 0.717) is 0 Å². The second-order valence-electron chi connectivity index (χ2n) is 2.48. The third-order valence-corrected chi connectivity index (χ3v) is 2.52. The van der Waals surface area contributed by atoms with Crippen molar-refractivity contribution in [3.63, 3.8) is 0 Å². The van der Waals surface area contributed by atoms with Crippen molar-refractivity contribution in [2.24, 2.45) is 0 Å². The molecule has 0 amide bonds. The first kappa shape index (κ1) is 11.6. The van der Waals surface area contributed by atoms with Gasteiger partial charge < -0.3 is 11.5 Å². The number of nitrogens with zero attached hydrogens (tertiary/aromatic N) is 1. The number of fused-ring (bicyclic) bond motifs is 1. The van der Waals surface area contributed by atoms with Crippen LogP contribution in [0.4, 0.5) is 19.6 Å². The summed E-state index contributed by atoms with van der Waals surface area (Å²) >= 11 is 0.947. The van der Waals surface area contributed by atoms with E-state index in [4.69, 9.17) is 11.5 Å². The van der Waals surface area contributed by atoms with Gasteiger partial charge in [-0.3, -0.25) is 0 Å². The summed E-state index contributed by atoms with van der Waals surface area (Å²) in [5, 5.41) is 0.172. The van der Waals surface area contributed by atoms with Crippen molar-refractivity contribution in [2.75, 3.05) is 11.5 Å². The molecule has 6 heteroatoms. The first-order valence-corrected chi connectivity index (χ1v) is 5.20. The molecule has 0 bridgehead atoms. The predicted octanol–water partition coefficient (Wildman–Crippen LogP) is 2.77. The minimum atomic E-state index is -0.810. The fourth-order valence-corrected chi connectivity index (χ4v) is 1.80. The van der Waals surface area contributed by atoms with Gasteiger partial charge in [-0.1, -0.05) is 25.2 Å². The molecule has 1 aromatic carbocycles. The van der Waals surface area contributed by atoms with Crippen molar-refractivity contribution < 1.29 is 8.78 Å². The maximum absolute atomic E-state index is 13.1. The number of rotatable bonds is 0. The molecule has 0 saturated carbocycles. The van der Waals surface area contributed by atoms with Crippen LogP contribution in [0.15, 0.2) is 6.07 Å². The smallest absolute Gasteiger partial charge is 0.181 e. The van der Waals surface area contributed by atoms with Gasteiger partial charge in [-0.25, -0.2) is 13.8 Å². The minimum Gasteiger partial charge on any atom is -0.395 e. The second kappa shape index (κ2) is 4.39. The predicted molar refractivity (Wildman–Crippen MR) is 59.7 cm³/mol. The van der Waals surface area contributed by atoms with Gasteiger partial charge in [0.25, 0.3) is 0 Å². The van der Waals surface area contributed by atoms with Crippen LogP contribution in [0.25, 0.3) is 10.2 Å². The summed E-state index contributed by atoms with van der Waals surface area (Å²) in [6.45, 7) is 4.00. The zero-order valence-electron chi connectivity index (χ0n) is 8.34. The number of nitrogen functional groups attached to an aromatic ring is 2. The lowest BCUT2D eigenvalue weighted by molar-refractivity contribution is 0.596. The zero-order valence-corrected chi connectivity index (χ0v) is 9.16. The summed E-state index contributed by atoms with van der Waals surface area (Å²) in [6, 6.07) is 0.731. The van der Waals surface area contributed by atoms with Gasteiger partial charge in [0.05, 0.1) is 10.4 Å². The maximum atomic E-state index is 13.1. The van der Waals surface area contributed by atoms with Crippen molar-refractivity contribution in [1.82, 2.24) is 4.98 Å². The Hall–Kier alpha value is -1.43. The normalized spacial score (nSPS) is 9.87. The molecule has 1 aromatic heterocycles. The molecule has 0 radical (unpaired) electrons. The maximum Gasteiger partial charge on any atom is 0.181 e. The molecule has 15 heavy (non-hydrogen) atoms. The molecule has 4 N–H and O–H groups in total. The molecular formula is C9H11F2N3S. The highest BCUT2D eigenvalue weighted by Gasteiger charge is 2.13. The van der Waals surface area contributed by atoms with E-state index in [9.17, 15) is 8.78 Å². The van der Waals surface area contributed by atoms with E-state index in [1.807, 2.05) is 13.8 Å². The van der Waals surface area contributed by atoms with E-state index in [0.717, 1.165) is 17.4 Å². The van der Waals surface area contributed by atoms with Crippen LogP contribution >= 0.6 is 11.3 Å². The molecule has 0 spiro atoms. The molecule has 2 aromatic rings. The summed E-state index contributed by atoms with van der Waals surface area (Å²) in [7, 11) is 0. The molecule has 3 nitrogen and oxygen atoms in total. The van der Waals surface area contributed by atoms with Crippen LogP contribution in [0.2, 0.25) is 0 Å². The summed E-state index contributed by atoms with van der Waals surface area (Å²) < 4.78 is 26.1. The van der Waals surface area contributed by atoms with Gasteiger partial charge in [0, 0.05) is 6.07 Å². The Labute approximate surface area is 89.7 Å². The zero-order chi connectivity index (χ0) is 11.6. The molecule has 0 unspecified atom stereocenters. The Balaban J connectivity index is 0.000000531. The van der Waals surface area contributed by atoms with Gasteiger partial charge in [0.1, 0.15) is 11.3 Å². The van der Waals surface area contributed by atoms with E-state index >= 15 is 0 Å². The number of nitrogens with two attached hydrogens (primary N) is 2. The topological polar surface area (TPSA) is 64.9 Å². The largest absolute Gasteiger partial charge is 0.395 e. The molecule has 0 aliphatic carbocycles. The van der Waals surface area contributed by atoms with Gasteiger partial charge in [-0.2, -0.15) is 0 Å². The van der Waals surface area contributed by atoms with Crippen LogP contribution in [-0.2, 0) is 0 Å². The van der Waals surface area contributed by atoms with Gasteiger partial charge in [-0.05, 0) is 0 Å². The number of aromatic nitrogens is 1. The first-order chi connectivity index (χ1) is 7.09. The van der Waals surface area contributed by atoms with Crippen molar-refractivity contribution in [3.8, 4) is 0 Å². The highest BCUT2D eigenvalue weighted by molar-refractivity contribution is 7.22. The third kappa shape index (κ3) is 1.99. The number of thiazole rings is 1. The van der Waals surface area contributed by atoms with E-state index in [2.05, 4.69) is 4.98 Å². The Morgan fingerprint density at radius 2 is 1.80 bits per heavy atom. The molecule has 0 aliphatic rings. The van der Waals surface area contributed by atoms with Gasteiger partial charge in [-0.15, -0.1) is 0 Å². The third-order valence-electron chi connectivity index (χ3n) is 1.63. The average molecular weight is 231 g/mol. The lowest BCUT2D eigenvalue weighted by Crippen LogP contribution is -1.93. The Kier molecular flexibility index (Phi) is 3.41. The highest BCUT2D eigenvalue weighted by Crippen LogP contribution is 2.31. The summed E-state index contributed by atoms with van der Waals surface area (Å²) in [4.78, 5) is 3.73.